The second-order valence-corrected chi connectivity index (χ2v) is 7.42. The van der Waals surface area contributed by atoms with Gasteiger partial charge in [-0.1, -0.05) is 41.9 Å². The molecule has 0 aliphatic carbocycles. The summed E-state index contributed by atoms with van der Waals surface area (Å²) in [5, 5.41) is 3.70. The van der Waals surface area contributed by atoms with Gasteiger partial charge >= 0.3 is 0 Å². The van der Waals surface area contributed by atoms with Gasteiger partial charge in [-0.15, -0.1) is 0 Å². The molecule has 0 amide bonds. The number of halogens is 1. The Balaban J connectivity index is 2.06. The Morgan fingerprint density at radius 2 is 1.90 bits per heavy atom. The fraction of sp³-hybridized carbons (Fsp3) is 0.647. The number of hydrogen-bond donors (Lipinski definition) is 1. The predicted octanol–water partition coefficient (Wildman–Crippen LogP) is 4.22. The van der Waals surface area contributed by atoms with E-state index >= 15 is 0 Å². The van der Waals surface area contributed by atoms with Gasteiger partial charge in [0.25, 0.3) is 0 Å². The SMILES string of the molecule is CC(C)CC1CN(C(C)c2ccc(Br)cc2)C(C)CN1. The van der Waals surface area contributed by atoms with Crippen molar-refractivity contribution in [2.24, 2.45) is 5.92 Å². The maximum atomic E-state index is 3.70. The molecule has 2 nitrogen and oxygen atoms in total. The lowest BCUT2D eigenvalue weighted by Crippen LogP contribution is -2.56. The molecule has 3 atom stereocenters. The Hall–Kier alpha value is -0.380. The first-order valence-corrected chi connectivity index (χ1v) is 8.51. The van der Waals surface area contributed by atoms with Gasteiger partial charge in [-0.2, -0.15) is 0 Å². The van der Waals surface area contributed by atoms with E-state index in [0.717, 1.165) is 23.5 Å². The summed E-state index contributed by atoms with van der Waals surface area (Å²) in [7, 11) is 0. The summed E-state index contributed by atoms with van der Waals surface area (Å²) in [5.41, 5.74) is 1.41. The summed E-state index contributed by atoms with van der Waals surface area (Å²) in [4.78, 5) is 2.65. The highest BCUT2D eigenvalue weighted by atomic mass is 79.9. The molecule has 112 valence electrons. The van der Waals surface area contributed by atoms with Gasteiger partial charge in [0.1, 0.15) is 0 Å². The Kier molecular flexibility index (Phi) is 5.65. The van der Waals surface area contributed by atoms with Crippen LogP contribution >= 0.6 is 15.9 Å². The first kappa shape index (κ1) is 16.0. The Labute approximate surface area is 132 Å². The van der Waals surface area contributed by atoms with Crippen LogP contribution in [0.3, 0.4) is 0 Å². The normalized spacial score (nSPS) is 25.9. The van der Waals surface area contributed by atoms with Crippen molar-refractivity contribution in [3.63, 3.8) is 0 Å². The maximum Gasteiger partial charge on any atom is 0.0323 e. The molecule has 0 saturated carbocycles. The predicted molar refractivity (Wildman–Crippen MR) is 90.0 cm³/mol. The number of nitrogens with one attached hydrogen (secondary N) is 1. The van der Waals surface area contributed by atoms with E-state index in [9.17, 15) is 0 Å². The van der Waals surface area contributed by atoms with Gasteiger partial charge in [-0.25, -0.2) is 0 Å². The molecule has 0 bridgehead atoms. The molecule has 1 aliphatic rings. The maximum absolute atomic E-state index is 3.70. The fourth-order valence-electron chi connectivity index (χ4n) is 3.15. The van der Waals surface area contributed by atoms with E-state index in [2.05, 4.69) is 78.1 Å². The summed E-state index contributed by atoms with van der Waals surface area (Å²) in [5.74, 6) is 0.755. The number of piperazine rings is 1. The summed E-state index contributed by atoms with van der Waals surface area (Å²) in [6, 6.07) is 10.5. The van der Waals surface area contributed by atoms with Crippen molar-refractivity contribution in [2.75, 3.05) is 13.1 Å². The van der Waals surface area contributed by atoms with Crippen molar-refractivity contribution < 1.29 is 0 Å². The van der Waals surface area contributed by atoms with Crippen LogP contribution in [0.15, 0.2) is 28.7 Å². The Morgan fingerprint density at radius 3 is 2.50 bits per heavy atom. The summed E-state index contributed by atoms with van der Waals surface area (Å²) in [6.45, 7) is 11.5. The van der Waals surface area contributed by atoms with Gasteiger partial charge in [0, 0.05) is 35.7 Å². The van der Waals surface area contributed by atoms with Gasteiger partial charge in [-0.3, -0.25) is 4.90 Å². The van der Waals surface area contributed by atoms with E-state index < -0.39 is 0 Å². The van der Waals surface area contributed by atoms with Crippen molar-refractivity contribution in [3.05, 3.63) is 34.3 Å². The van der Waals surface area contributed by atoms with E-state index in [1.165, 1.54) is 12.0 Å². The molecule has 1 aromatic carbocycles. The fourth-order valence-corrected chi connectivity index (χ4v) is 3.42. The largest absolute Gasteiger partial charge is 0.311 e. The zero-order valence-electron chi connectivity index (χ0n) is 13.1. The third kappa shape index (κ3) is 4.06. The summed E-state index contributed by atoms with van der Waals surface area (Å²) >= 11 is 3.52. The van der Waals surface area contributed by atoms with E-state index in [-0.39, 0.29) is 0 Å². The van der Waals surface area contributed by atoms with Gasteiger partial charge in [-0.05, 0) is 43.9 Å². The van der Waals surface area contributed by atoms with Gasteiger partial charge < -0.3 is 5.32 Å². The quantitative estimate of drug-likeness (QED) is 0.884. The molecule has 0 spiro atoms. The molecular weight excluding hydrogens is 312 g/mol. The minimum atomic E-state index is 0.481. The first-order valence-electron chi connectivity index (χ1n) is 7.72. The Morgan fingerprint density at radius 1 is 1.25 bits per heavy atom. The summed E-state index contributed by atoms with van der Waals surface area (Å²) in [6.07, 6.45) is 1.26. The molecule has 1 N–H and O–H groups in total. The van der Waals surface area contributed by atoms with E-state index in [1.54, 1.807) is 0 Å². The molecule has 0 aromatic heterocycles. The monoisotopic (exact) mass is 338 g/mol. The zero-order valence-corrected chi connectivity index (χ0v) is 14.7. The van der Waals surface area contributed by atoms with Crippen LogP contribution in [0.25, 0.3) is 0 Å². The molecular formula is C17H27BrN2. The topological polar surface area (TPSA) is 15.3 Å². The van der Waals surface area contributed by atoms with Crippen LogP contribution < -0.4 is 5.32 Å². The molecule has 20 heavy (non-hydrogen) atoms. The van der Waals surface area contributed by atoms with E-state index in [1.807, 2.05) is 0 Å². The average Bonchev–Trinajstić information content (AvgIpc) is 2.40. The lowest BCUT2D eigenvalue weighted by Gasteiger charge is -2.43. The van der Waals surface area contributed by atoms with Crippen molar-refractivity contribution in [3.8, 4) is 0 Å². The molecule has 1 heterocycles. The van der Waals surface area contributed by atoms with Crippen LogP contribution in [-0.2, 0) is 0 Å². The number of nitrogens with zero attached hydrogens (tertiary/aromatic N) is 1. The highest BCUT2D eigenvalue weighted by Crippen LogP contribution is 2.26. The molecule has 3 unspecified atom stereocenters. The average molecular weight is 339 g/mol. The number of benzene rings is 1. The highest BCUT2D eigenvalue weighted by molar-refractivity contribution is 9.10. The lowest BCUT2D eigenvalue weighted by molar-refractivity contribution is 0.0923. The van der Waals surface area contributed by atoms with Crippen molar-refractivity contribution in [2.45, 2.75) is 52.2 Å². The third-order valence-corrected chi connectivity index (χ3v) is 4.83. The van der Waals surface area contributed by atoms with Gasteiger partial charge in [0.05, 0.1) is 0 Å². The van der Waals surface area contributed by atoms with Crippen LogP contribution in [0.5, 0.6) is 0 Å². The van der Waals surface area contributed by atoms with E-state index in [4.69, 9.17) is 0 Å². The highest BCUT2D eigenvalue weighted by Gasteiger charge is 2.29. The van der Waals surface area contributed by atoms with Crippen molar-refractivity contribution in [1.82, 2.24) is 10.2 Å². The molecule has 1 fully saturated rings. The van der Waals surface area contributed by atoms with Gasteiger partial charge in [0.15, 0.2) is 0 Å². The van der Waals surface area contributed by atoms with Crippen LogP contribution in [0, 0.1) is 5.92 Å². The van der Waals surface area contributed by atoms with Crippen LogP contribution in [0.2, 0.25) is 0 Å². The van der Waals surface area contributed by atoms with Crippen LogP contribution in [0.1, 0.15) is 45.7 Å². The van der Waals surface area contributed by atoms with Crippen LogP contribution in [-0.4, -0.2) is 30.1 Å². The second kappa shape index (κ2) is 7.06. The molecule has 1 aromatic rings. The standard InChI is InChI=1S/C17H27BrN2/c1-12(2)9-17-11-20(13(3)10-19-17)14(4)15-5-7-16(18)8-6-15/h5-8,12-14,17,19H,9-11H2,1-4H3. The number of hydrogen-bond acceptors (Lipinski definition) is 2. The lowest BCUT2D eigenvalue weighted by atomic mass is 9.97. The molecule has 1 saturated heterocycles. The molecule has 1 aliphatic heterocycles. The Bertz CT molecular complexity index is 416. The zero-order chi connectivity index (χ0) is 14.7. The first-order chi connectivity index (χ1) is 9.47. The van der Waals surface area contributed by atoms with E-state index in [0.29, 0.717) is 18.1 Å². The minimum Gasteiger partial charge on any atom is -0.311 e. The van der Waals surface area contributed by atoms with Crippen molar-refractivity contribution >= 4 is 15.9 Å². The summed E-state index contributed by atoms with van der Waals surface area (Å²) < 4.78 is 1.15. The van der Waals surface area contributed by atoms with Crippen molar-refractivity contribution in [1.29, 1.82) is 0 Å². The van der Waals surface area contributed by atoms with Crippen LogP contribution in [0.4, 0.5) is 0 Å². The minimum absolute atomic E-state index is 0.481. The van der Waals surface area contributed by atoms with Gasteiger partial charge in [0.2, 0.25) is 0 Å². The number of rotatable bonds is 4. The molecule has 3 heteroatoms. The smallest absolute Gasteiger partial charge is 0.0323 e. The third-order valence-electron chi connectivity index (χ3n) is 4.31. The molecule has 0 radical (unpaired) electrons. The molecule has 2 rings (SSSR count). The second-order valence-electron chi connectivity index (χ2n) is 6.51.